The fourth-order valence-corrected chi connectivity index (χ4v) is 6.25. The molecule has 0 saturated carbocycles. The monoisotopic (exact) mass is 627 g/mol. The number of imidazole rings is 1. The number of fused-ring (bicyclic) bond motifs is 3. The lowest BCUT2D eigenvalue weighted by Crippen LogP contribution is -2.35. The minimum Gasteiger partial charge on any atom is -0.485 e. The molecule has 2 saturated heterocycles. The van der Waals surface area contributed by atoms with Gasteiger partial charge in [0.25, 0.3) is 0 Å². The summed E-state index contributed by atoms with van der Waals surface area (Å²) in [4.78, 5) is 24.9. The Kier molecular flexibility index (Phi) is 8.43. The molecule has 238 valence electrons. The molecule has 0 N–H and O–H groups in total. The molecular weight excluding hydrogens is 593 g/mol. The molecule has 46 heavy (non-hydrogen) atoms. The van der Waals surface area contributed by atoms with Crippen molar-refractivity contribution in [2.45, 2.75) is 51.0 Å². The maximum absolute atomic E-state index is 14.3. The van der Waals surface area contributed by atoms with E-state index in [0.29, 0.717) is 60.3 Å². The summed E-state index contributed by atoms with van der Waals surface area (Å²) in [6.45, 7) is 4.45. The predicted octanol–water partition coefficient (Wildman–Crippen LogP) is 4.75. The number of nitrogens with zero attached hydrogens (tertiary/aromatic N) is 5. The number of halogens is 1. The molecule has 3 aliphatic rings. The minimum atomic E-state index is -0.482. The highest BCUT2D eigenvalue weighted by Crippen LogP contribution is 2.42. The summed E-state index contributed by atoms with van der Waals surface area (Å²) in [6.07, 6.45) is 2.87. The van der Waals surface area contributed by atoms with E-state index in [-0.39, 0.29) is 24.2 Å². The SMILES string of the molecule is COC(=O)c1cc2c(nc(CN3CCC(c4cccc(OCc5ccc(C#N)cc5F)n4)CC3)n2C[C@@H]2CCO2)c2c1OCCO2. The van der Waals surface area contributed by atoms with Crippen LogP contribution in [-0.2, 0) is 29.2 Å². The average molecular weight is 628 g/mol. The molecule has 7 rings (SSSR count). The quantitative estimate of drug-likeness (QED) is 0.241. The Morgan fingerprint density at radius 3 is 2.59 bits per heavy atom. The third-order valence-electron chi connectivity index (χ3n) is 8.87. The molecule has 0 aliphatic carbocycles. The second-order valence-corrected chi connectivity index (χ2v) is 11.7. The van der Waals surface area contributed by atoms with Gasteiger partial charge in [0.1, 0.15) is 42.5 Å². The van der Waals surface area contributed by atoms with Crippen LogP contribution < -0.4 is 14.2 Å². The molecule has 0 radical (unpaired) electrons. The number of hydrogen-bond donors (Lipinski definition) is 0. The summed E-state index contributed by atoms with van der Waals surface area (Å²) in [7, 11) is 1.36. The molecule has 0 unspecified atom stereocenters. The molecule has 2 aromatic carbocycles. The van der Waals surface area contributed by atoms with E-state index >= 15 is 0 Å². The average Bonchev–Trinajstić information content (AvgIpc) is 3.42. The van der Waals surface area contributed by atoms with Gasteiger partial charge in [-0.05, 0) is 56.6 Å². The standard InChI is InChI=1S/C34H34FN5O6/c1-42-34(41)25-16-28-31(33-32(25)44-13-14-45-33)38-29(40(28)18-24-9-12-43-24)19-39-10-7-22(8-11-39)27-3-2-4-30(37-27)46-20-23-6-5-21(17-36)15-26(23)35/h2-6,15-16,22,24H,7-14,18-20H2,1H3/t24-/m0/s1. The fourth-order valence-electron chi connectivity index (χ4n) is 6.25. The van der Waals surface area contributed by atoms with Crippen LogP contribution in [0.25, 0.3) is 11.0 Å². The van der Waals surface area contributed by atoms with Crippen LogP contribution in [0.4, 0.5) is 4.39 Å². The molecule has 3 aliphatic heterocycles. The first-order chi connectivity index (χ1) is 22.5. The van der Waals surface area contributed by atoms with Gasteiger partial charge in [-0.25, -0.2) is 19.2 Å². The smallest absolute Gasteiger partial charge is 0.341 e. The van der Waals surface area contributed by atoms with E-state index in [1.165, 1.54) is 13.2 Å². The lowest BCUT2D eigenvalue weighted by Gasteiger charge is -2.32. The number of hydrogen-bond acceptors (Lipinski definition) is 10. The van der Waals surface area contributed by atoms with E-state index < -0.39 is 11.8 Å². The van der Waals surface area contributed by atoms with Crippen LogP contribution in [0.2, 0.25) is 0 Å². The molecule has 0 amide bonds. The number of piperidine rings is 1. The third kappa shape index (κ3) is 5.96. The van der Waals surface area contributed by atoms with Gasteiger partial charge >= 0.3 is 5.97 Å². The van der Waals surface area contributed by atoms with Gasteiger partial charge in [0.15, 0.2) is 11.5 Å². The van der Waals surface area contributed by atoms with Crippen LogP contribution in [0.5, 0.6) is 17.4 Å². The summed E-state index contributed by atoms with van der Waals surface area (Å²) in [5.41, 5.74) is 3.39. The zero-order valence-electron chi connectivity index (χ0n) is 25.5. The van der Waals surface area contributed by atoms with Gasteiger partial charge in [-0.15, -0.1) is 0 Å². The number of esters is 1. The van der Waals surface area contributed by atoms with E-state index in [4.69, 9.17) is 38.9 Å². The highest BCUT2D eigenvalue weighted by Gasteiger charge is 2.31. The third-order valence-corrected chi connectivity index (χ3v) is 8.87. The van der Waals surface area contributed by atoms with Crippen molar-refractivity contribution in [3.63, 3.8) is 0 Å². The summed E-state index contributed by atoms with van der Waals surface area (Å²) >= 11 is 0. The lowest BCUT2D eigenvalue weighted by atomic mass is 9.93. The van der Waals surface area contributed by atoms with Crippen molar-refractivity contribution in [2.24, 2.45) is 0 Å². The van der Waals surface area contributed by atoms with Crippen molar-refractivity contribution in [2.75, 3.05) is 40.0 Å². The number of rotatable bonds is 9. The van der Waals surface area contributed by atoms with E-state index in [0.717, 1.165) is 56.0 Å². The van der Waals surface area contributed by atoms with Crippen LogP contribution in [0, 0.1) is 17.1 Å². The Morgan fingerprint density at radius 1 is 1.07 bits per heavy atom. The van der Waals surface area contributed by atoms with Crippen LogP contribution in [-0.4, -0.2) is 71.5 Å². The first-order valence-corrected chi connectivity index (χ1v) is 15.5. The van der Waals surface area contributed by atoms with E-state index in [9.17, 15) is 9.18 Å². The number of carbonyl (C=O) groups excluding carboxylic acids is 1. The normalized spacial score (nSPS) is 18.2. The molecule has 5 heterocycles. The molecule has 2 fully saturated rings. The zero-order chi connectivity index (χ0) is 31.6. The second-order valence-electron chi connectivity index (χ2n) is 11.7. The number of pyridine rings is 1. The minimum absolute atomic E-state index is 0.0286. The largest absolute Gasteiger partial charge is 0.485 e. The number of benzene rings is 2. The summed E-state index contributed by atoms with van der Waals surface area (Å²) in [6, 6.07) is 13.8. The van der Waals surface area contributed by atoms with Crippen molar-refractivity contribution in [3.05, 3.63) is 76.5 Å². The summed E-state index contributed by atoms with van der Waals surface area (Å²) in [5, 5.41) is 8.97. The second kappa shape index (κ2) is 12.9. The summed E-state index contributed by atoms with van der Waals surface area (Å²) < 4.78 is 45.0. The van der Waals surface area contributed by atoms with E-state index in [1.807, 2.05) is 18.2 Å². The van der Waals surface area contributed by atoms with Gasteiger partial charge in [0, 0.05) is 29.8 Å². The van der Waals surface area contributed by atoms with Gasteiger partial charge in [0.2, 0.25) is 5.88 Å². The van der Waals surface area contributed by atoms with Crippen LogP contribution in [0.1, 0.15) is 58.2 Å². The van der Waals surface area contributed by atoms with Gasteiger partial charge < -0.3 is 28.3 Å². The van der Waals surface area contributed by atoms with Gasteiger partial charge in [-0.1, -0.05) is 12.1 Å². The van der Waals surface area contributed by atoms with Gasteiger partial charge in [0.05, 0.1) is 43.5 Å². The molecule has 12 heteroatoms. The first-order valence-electron chi connectivity index (χ1n) is 15.5. The topological polar surface area (TPSA) is 121 Å². The lowest BCUT2D eigenvalue weighted by molar-refractivity contribution is -0.0592. The van der Waals surface area contributed by atoms with Crippen molar-refractivity contribution in [1.29, 1.82) is 5.26 Å². The Hall–Kier alpha value is -4.73. The van der Waals surface area contributed by atoms with Crippen LogP contribution in [0.3, 0.4) is 0 Å². The Labute approximate surface area is 265 Å². The molecule has 2 aromatic heterocycles. The highest BCUT2D eigenvalue weighted by atomic mass is 19.1. The molecule has 11 nitrogen and oxygen atoms in total. The highest BCUT2D eigenvalue weighted by molar-refractivity contribution is 6.00. The number of ether oxygens (including phenoxy) is 5. The van der Waals surface area contributed by atoms with Crippen LogP contribution in [0.15, 0.2) is 42.5 Å². The van der Waals surface area contributed by atoms with E-state index in [2.05, 4.69) is 9.47 Å². The zero-order valence-corrected chi connectivity index (χ0v) is 25.5. The maximum Gasteiger partial charge on any atom is 0.341 e. The van der Waals surface area contributed by atoms with Gasteiger partial charge in [-0.3, -0.25) is 4.90 Å². The first kappa shape index (κ1) is 30.0. The number of nitriles is 1. The molecule has 0 bridgehead atoms. The predicted molar refractivity (Wildman–Crippen MR) is 163 cm³/mol. The Balaban J connectivity index is 1.06. The molecule has 4 aromatic rings. The van der Waals surface area contributed by atoms with Crippen molar-refractivity contribution < 1.29 is 32.9 Å². The molecular formula is C34H34FN5O6. The van der Waals surface area contributed by atoms with Crippen molar-refractivity contribution in [1.82, 2.24) is 19.4 Å². The Morgan fingerprint density at radius 2 is 1.87 bits per heavy atom. The van der Waals surface area contributed by atoms with Crippen molar-refractivity contribution >= 4 is 17.0 Å². The summed E-state index contributed by atoms with van der Waals surface area (Å²) in [5.74, 6) is 1.48. The fraction of sp³-hybridized carbons (Fsp3) is 0.412. The molecule has 1 atom stereocenters. The van der Waals surface area contributed by atoms with Crippen molar-refractivity contribution in [3.8, 4) is 23.4 Å². The van der Waals surface area contributed by atoms with E-state index in [1.54, 1.807) is 24.3 Å². The number of likely N-dealkylation sites (tertiary alicyclic amines) is 1. The number of methoxy groups -OCH3 is 1. The van der Waals surface area contributed by atoms with Gasteiger partial charge in [-0.2, -0.15) is 5.26 Å². The number of carbonyl (C=O) groups is 1. The van der Waals surface area contributed by atoms with Crippen LogP contribution >= 0.6 is 0 Å². The number of aromatic nitrogens is 3. The molecule has 0 spiro atoms. The Bertz CT molecular complexity index is 1810. The maximum atomic E-state index is 14.3.